The van der Waals surface area contributed by atoms with Gasteiger partial charge >= 0.3 is 0 Å². The molecule has 0 unspecified atom stereocenters. The minimum atomic E-state index is -4.01. The molecule has 2 amide bonds. The van der Waals surface area contributed by atoms with Crippen LogP contribution < -0.4 is 19.8 Å². The summed E-state index contributed by atoms with van der Waals surface area (Å²) in [4.78, 5) is 24.8. The Bertz CT molecular complexity index is 1450. The van der Waals surface area contributed by atoms with Crippen molar-refractivity contribution in [3.05, 3.63) is 89.5 Å². The van der Waals surface area contributed by atoms with Crippen LogP contribution in [0.3, 0.4) is 0 Å². The predicted octanol–water partition coefficient (Wildman–Crippen LogP) is 3.32. The van der Waals surface area contributed by atoms with Crippen LogP contribution in [0.2, 0.25) is 0 Å². The summed E-state index contributed by atoms with van der Waals surface area (Å²) in [6.07, 6.45) is 3.46. The van der Waals surface area contributed by atoms with Crippen molar-refractivity contribution in [3.63, 3.8) is 0 Å². The summed E-state index contributed by atoms with van der Waals surface area (Å²) in [7, 11) is -4.01. The summed E-state index contributed by atoms with van der Waals surface area (Å²) in [5.74, 6) is -0.321. The van der Waals surface area contributed by atoms with Crippen molar-refractivity contribution in [2.45, 2.75) is 37.7 Å². The van der Waals surface area contributed by atoms with Crippen LogP contribution in [0.1, 0.15) is 29.5 Å². The molecule has 3 aromatic rings. The van der Waals surface area contributed by atoms with E-state index in [2.05, 4.69) is 15.8 Å². The normalized spacial score (nSPS) is 15.0. The van der Waals surface area contributed by atoms with E-state index < -0.39 is 22.5 Å². The molecular weight excluding hydrogens is 544 g/mol. The van der Waals surface area contributed by atoms with Gasteiger partial charge in [-0.2, -0.15) is 5.10 Å². The van der Waals surface area contributed by atoms with Crippen molar-refractivity contribution < 1.29 is 27.5 Å². The number of carbonyl (C=O) groups excluding carboxylic acids is 2. The molecule has 1 saturated heterocycles. The van der Waals surface area contributed by atoms with Crippen LogP contribution in [0.4, 0.5) is 5.69 Å². The third kappa shape index (κ3) is 8.63. The lowest BCUT2D eigenvalue weighted by Crippen LogP contribution is -2.39. The molecular formula is C30H34N4O6S. The smallest absolute Gasteiger partial charge is 0.264 e. The van der Waals surface area contributed by atoms with Crippen molar-refractivity contribution in [2.75, 3.05) is 30.6 Å². The maximum absolute atomic E-state index is 13.4. The summed E-state index contributed by atoms with van der Waals surface area (Å²) < 4.78 is 39.0. The third-order valence-corrected chi connectivity index (χ3v) is 8.21. The Labute approximate surface area is 240 Å². The number of carbonyl (C=O) groups is 2. The minimum absolute atomic E-state index is 0.0706. The van der Waals surface area contributed by atoms with E-state index in [0.29, 0.717) is 23.5 Å². The van der Waals surface area contributed by atoms with Crippen LogP contribution in [0.5, 0.6) is 5.75 Å². The van der Waals surface area contributed by atoms with Gasteiger partial charge in [-0.05, 0) is 80.8 Å². The minimum Gasteiger partial charge on any atom is -0.484 e. The van der Waals surface area contributed by atoms with Crippen molar-refractivity contribution in [2.24, 2.45) is 5.10 Å². The Morgan fingerprint density at radius 1 is 0.976 bits per heavy atom. The van der Waals surface area contributed by atoms with Crippen LogP contribution in [0.25, 0.3) is 0 Å². The first kappa shape index (κ1) is 29.8. The second-order valence-corrected chi connectivity index (χ2v) is 11.6. The summed E-state index contributed by atoms with van der Waals surface area (Å²) in [5.41, 5.74) is 5.32. The number of hydrazone groups is 1. The molecule has 11 heteroatoms. The van der Waals surface area contributed by atoms with E-state index in [1.807, 2.05) is 13.8 Å². The topological polar surface area (TPSA) is 126 Å². The maximum Gasteiger partial charge on any atom is 0.264 e. The van der Waals surface area contributed by atoms with Gasteiger partial charge < -0.3 is 14.8 Å². The predicted molar refractivity (Wildman–Crippen MR) is 157 cm³/mol. The Morgan fingerprint density at radius 3 is 2.27 bits per heavy atom. The number of rotatable bonds is 12. The molecule has 0 spiro atoms. The average Bonchev–Trinajstić information content (AvgIpc) is 3.49. The van der Waals surface area contributed by atoms with Gasteiger partial charge in [0.25, 0.3) is 21.8 Å². The number of sulfonamides is 1. The van der Waals surface area contributed by atoms with Crippen LogP contribution in [-0.4, -0.2) is 58.9 Å². The highest BCUT2D eigenvalue weighted by molar-refractivity contribution is 7.92. The highest BCUT2D eigenvalue weighted by Crippen LogP contribution is 2.24. The Balaban J connectivity index is 1.32. The summed E-state index contributed by atoms with van der Waals surface area (Å²) in [6.45, 7) is 4.40. The van der Waals surface area contributed by atoms with Crippen LogP contribution in [0.15, 0.2) is 82.8 Å². The second kappa shape index (κ2) is 13.9. The number of anilines is 1. The molecule has 0 radical (unpaired) electrons. The molecule has 2 N–H and O–H groups in total. The van der Waals surface area contributed by atoms with Gasteiger partial charge in [-0.15, -0.1) is 0 Å². The van der Waals surface area contributed by atoms with Gasteiger partial charge in [0.2, 0.25) is 0 Å². The average molecular weight is 579 g/mol. The molecule has 1 aliphatic heterocycles. The SMILES string of the molecule is Cc1ccc(N(CC(=O)N/N=C\c2ccc(OCC(=O)NC[C@@H]3CCCO3)cc2)S(=O)(=O)c2ccc(C)cc2)cc1. The van der Waals surface area contributed by atoms with E-state index >= 15 is 0 Å². The Morgan fingerprint density at radius 2 is 1.63 bits per heavy atom. The number of ether oxygens (including phenoxy) is 2. The lowest BCUT2D eigenvalue weighted by atomic mass is 10.2. The second-order valence-electron chi connectivity index (χ2n) is 9.75. The van der Waals surface area contributed by atoms with Crippen LogP contribution in [-0.2, 0) is 24.3 Å². The fourth-order valence-electron chi connectivity index (χ4n) is 4.09. The number of nitrogens with one attached hydrogen (secondary N) is 2. The molecule has 4 rings (SSSR count). The number of aryl methyl sites for hydroxylation is 2. The molecule has 0 saturated carbocycles. The van der Waals surface area contributed by atoms with Gasteiger partial charge in [0.1, 0.15) is 12.3 Å². The van der Waals surface area contributed by atoms with E-state index in [1.54, 1.807) is 60.7 Å². The summed E-state index contributed by atoms with van der Waals surface area (Å²) in [6, 6.07) is 20.2. The van der Waals surface area contributed by atoms with Gasteiger partial charge in [0.05, 0.1) is 22.9 Å². The van der Waals surface area contributed by atoms with Gasteiger partial charge in [-0.1, -0.05) is 35.4 Å². The van der Waals surface area contributed by atoms with Crippen molar-refractivity contribution in [3.8, 4) is 5.75 Å². The highest BCUT2D eigenvalue weighted by atomic mass is 32.2. The van der Waals surface area contributed by atoms with Gasteiger partial charge in [0, 0.05) is 13.2 Å². The summed E-state index contributed by atoms with van der Waals surface area (Å²) >= 11 is 0. The van der Waals surface area contributed by atoms with E-state index in [0.717, 1.165) is 34.9 Å². The number of amides is 2. The first-order valence-corrected chi connectivity index (χ1v) is 14.7. The molecule has 1 atom stereocenters. The number of hydrogen-bond donors (Lipinski definition) is 2. The number of hydrogen-bond acceptors (Lipinski definition) is 7. The lowest BCUT2D eigenvalue weighted by molar-refractivity contribution is -0.123. The molecule has 1 heterocycles. The fourth-order valence-corrected chi connectivity index (χ4v) is 5.51. The van der Waals surface area contributed by atoms with Crippen molar-refractivity contribution in [1.82, 2.24) is 10.7 Å². The first-order valence-electron chi connectivity index (χ1n) is 13.3. The molecule has 0 aromatic heterocycles. The van der Waals surface area contributed by atoms with Gasteiger partial charge in [-0.25, -0.2) is 13.8 Å². The van der Waals surface area contributed by atoms with Crippen molar-refractivity contribution in [1.29, 1.82) is 0 Å². The molecule has 3 aromatic carbocycles. The zero-order valence-electron chi connectivity index (χ0n) is 23.1. The van der Waals surface area contributed by atoms with Crippen LogP contribution in [0, 0.1) is 13.8 Å². The fraction of sp³-hybridized carbons (Fsp3) is 0.300. The van der Waals surface area contributed by atoms with Gasteiger partial charge in [0.15, 0.2) is 6.61 Å². The highest BCUT2D eigenvalue weighted by Gasteiger charge is 2.27. The maximum atomic E-state index is 13.4. The molecule has 0 bridgehead atoms. The molecule has 10 nitrogen and oxygen atoms in total. The first-order chi connectivity index (χ1) is 19.7. The number of benzene rings is 3. The zero-order valence-corrected chi connectivity index (χ0v) is 23.9. The lowest BCUT2D eigenvalue weighted by Gasteiger charge is -2.24. The van der Waals surface area contributed by atoms with E-state index in [1.165, 1.54) is 18.3 Å². The molecule has 0 aliphatic carbocycles. The quantitative estimate of drug-likeness (QED) is 0.251. The van der Waals surface area contributed by atoms with Gasteiger partial charge in [-0.3, -0.25) is 13.9 Å². The van der Waals surface area contributed by atoms with Crippen molar-refractivity contribution >= 4 is 33.7 Å². The standard InChI is InChI=1S/C30H34N4O6S/c1-22-5-11-25(12-6-22)34(41(37,38)28-15-7-23(2)8-16-28)20-29(35)33-32-18-24-9-13-26(14-10-24)40-21-30(36)31-19-27-4-3-17-39-27/h5-16,18,27H,3-4,17,19-21H2,1-2H3,(H,31,36)(H,33,35)/b32-18-/t27-/m0/s1. The Hall–Kier alpha value is -4.22. The largest absolute Gasteiger partial charge is 0.484 e. The van der Waals surface area contributed by atoms with E-state index in [-0.39, 0.29) is 23.5 Å². The molecule has 216 valence electrons. The van der Waals surface area contributed by atoms with E-state index in [4.69, 9.17) is 9.47 Å². The zero-order chi connectivity index (χ0) is 29.2. The third-order valence-electron chi connectivity index (χ3n) is 6.42. The molecule has 1 fully saturated rings. The number of nitrogens with zero attached hydrogens (tertiary/aromatic N) is 2. The van der Waals surface area contributed by atoms with E-state index in [9.17, 15) is 18.0 Å². The van der Waals surface area contributed by atoms with Crippen LogP contribution >= 0.6 is 0 Å². The summed E-state index contributed by atoms with van der Waals surface area (Å²) in [5, 5.41) is 6.77. The molecule has 1 aliphatic rings. The molecule has 41 heavy (non-hydrogen) atoms. The monoisotopic (exact) mass is 578 g/mol. The Kier molecular flexibility index (Phi) is 10.1.